The second kappa shape index (κ2) is 6.75. The second-order valence-electron chi connectivity index (χ2n) is 5.63. The van der Waals surface area contributed by atoms with Gasteiger partial charge >= 0.3 is 0 Å². The van der Waals surface area contributed by atoms with Crippen molar-refractivity contribution in [3.63, 3.8) is 0 Å². The van der Waals surface area contributed by atoms with Crippen molar-refractivity contribution in [3.05, 3.63) is 53.3 Å². The van der Waals surface area contributed by atoms with Gasteiger partial charge in [0.1, 0.15) is 0 Å². The van der Waals surface area contributed by atoms with Crippen LogP contribution in [0.5, 0.6) is 0 Å². The summed E-state index contributed by atoms with van der Waals surface area (Å²) in [5, 5.41) is 7.28. The van der Waals surface area contributed by atoms with Gasteiger partial charge in [0.15, 0.2) is 0 Å². The fourth-order valence-electron chi connectivity index (χ4n) is 2.69. The first-order valence-electron chi connectivity index (χ1n) is 7.70. The van der Waals surface area contributed by atoms with Crippen LogP contribution in [0.15, 0.2) is 36.5 Å². The lowest BCUT2D eigenvalue weighted by atomic mass is 10.2. The molecule has 0 radical (unpaired) electrons. The van der Waals surface area contributed by atoms with E-state index in [1.54, 1.807) is 6.20 Å². The highest BCUT2D eigenvalue weighted by atomic mass is 16.5. The predicted octanol–water partition coefficient (Wildman–Crippen LogP) is 2.15. The lowest BCUT2D eigenvalue weighted by Crippen LogP contribution is -2.32. The maximum atomic E-state index is 12.3. The topological polar surface area (TPSA) is 56.1 Å². The maximum absolute atomic E-state index is 12.3. The third kappa shape index (κ3) is 3.36. The Morgan fingerprint density at radius 2 is 2.23 bits per heavy atom. The van der Waals surface area contributed by atoms with Crippen molar-refractivity contribution in [1.29, 1.82) is 0 Å². The summed E-state index contributed by atoms with van der Waals surface area (Å²) >= 11 is 0. The number of hydrogen-bond donors (Lipinski definition) is 1. The van der Waals surface area contributed by atoms with Crippen LogP contribution in [0.3, 0.4) is 0 Å². The van der Waals surface area contributed by atoms with Crippen LogP contribution >= 0.6 is 0 Å². The third-order valence-corrected chi connectivity index (χ3v) is 4.04. The van der Waals surface area contributed by atoms with Crippen LogP contribution < -0.4 is 5.32 Å². The minimum Gasteiger partial charge on any atom is -0.376 e. The third-order valence-electron chi connectivity index (χ3n) is 4.04. The van der Waals surface area contributed by atoms with E-state index in [0.717, 1.165) is 25.1 Å². The number of nitrogens with one attached hydrogen (secondary N) is 1. The number of hydrogen-bond acceptors (Lipinski definition) is 3. The Bertz CT molecular complexity index is 631. The van der Waals surface area contributed by atoms with Crippen molar-refractivity contribution in [3.8, 4) is 0 Å². The van der Waals surface area contributed by atoms with Gasteiger partial charge in [-0.25, -0.2) is 0 Å². The average Bonchev–Trinajstić information content (AvgIpc) is 3.17. The molecule has 1 aromatic heterocycles. The highest BCUT2D eigenvalue weighted by molar-refractivity contribution is 5.95. The molecule has 2 heterocycles. The van der Waals surface area contributed by atoms with E-state index in [1.807, 2.05) is 29.8 Å². The van der Waals surface area contributed by atoms with E-state index in [4.69, 9.17) is 4.74 Å². The summed E-state index contributed by atoms with van der Waals surface area (Å²) in [6.45, 7) is 3.97. The molecule has 5 nitrogen and oxygen atoms in total. The first-order chi connectivity index (χ1) is 10.7. The van der Waals surface area contributed by atoms with Gasteiger partial charge in [0.25, 0.3) is 5.91 Å². The lowest BCUT2D eigenvalue weighted by molar-refractivity contribution is 0.0857. The molecule has 2 aromatic rings. The number of carbonyl (C=O) groups is 1. The molecule has 5 heteroatoms. The summed E-state index contributed by atoms with van der Waals surface area (Å²) in [6, 6.07) is 10.1. The highest BCUT2D eigenvalue weighted by Gasteiger charge is 2.19. The van der Waals surface area contributed by atoms with Crippen molar-refractivity contribution < 1.29 is 9.53 Å². The minimum absolute atomic E-state index is 0.0766. The molecule has 0 unspecified atom stereocenters. The van der Waals surface area contributed by atoms with Crippen molar-refractivity contribution >= 4 is 5.91 Å². The van der Waals surface area contributed by atoms with Crippen molar-refractivity contribution in [1.82, 2.24) is 15.1 Å². The molecule has 3 rings (SSSR count). The first-order valence-corrected chi connectivity index (χ1v) is 7.70. The SMILES string of the molecule is Cc1c(C(=O)NC[C@H]2CCCO2)cnn1Cc1ccccc1. The number of benzene rings is 1. The standard InChI is InChI=1S/C17H21N3O2/c1-13-16(17(21)18-10-15-8-5-9-22-15)11-19-20(13)12-14-6-3-2-4-7-14/h2-4,6-7,11,15H,5,8-10,12H2,1H3,(H,18,21)/t15-/m1/s1. The Hall–Kier alpha value is -2.14. The number of ether oxygens (including phenoxy) is 1. The smallest absolute Gasteiger partial charge is 0.254 e. The molecule has 1 fully saturated rings. The molecule has 116 valence electrons. The van der Waals surface area contributed by atoms with E-state index in [1.165, 1.54) is 5.56 Å². The zero-order valence-corrected chi connectivity index (χ0v) is 12.8. The van der Waals surface area contributed by atoms with Crippen molar-refractivity contribution in [2.45, 2.75) is 32.4 Å². The minimum atomic E-state index is -0.0766. The van der Waals surface area contributed by atoms with E-state index >= 15 is 0 Å². The summed E-state index contributed by atoms with van der Waals surface area (Å²) in [5.74, 6) is -0.0766. The first kappa shape index (κ1) is 14.8. The molecule has 1 aromatic carbocycles. The lowest BCUT2D eigenvalue weighted by Gasteiger charge is -2.10. The molecule has 1 amide bonds. The number of aromatic nitrogens is 2. The van der Waals surface area contributed by atoms with Crippen LogP contribution in [0.4, 0.5) is 0 Å². The van der Waals surface area contributed by atoms with E-state index in [0.29, 0.717) is 18.7 Å². The number of carbonyl (C=O) groups excluding carboxylic acids is 1. The molecule has 22 heavy (non-hydrogen) atoms. The van der Waals surface area contributed by atoms with Gasteiger partial charge in [-0.15, -0.1) is 0 Å². The van der Waals surface area contributed by atoms with Crippen molar-refractivity contribution in [2.24, 2.45) is 0 Å². The Morgan fingerprint density at radius 1 is 1.41 bits per heavy atom. The van der Waals surface area contributed by atoms with Gasteiger partial charge in [-0.05, 0) is 25.3 Å². The Labute approximate surface area is 130 Å². The largest absolute Gasteiger partial charge is 0.376 e. The van der Waals surface area contributed by atoms with E-state index in [-0.39, 0.29) is 12.0 Å². The molecule has 1 N–H and O–H groups in total. The number of nitrogens with zero attached hydrogens (tertiary/aromatic N) is 2. The molecule has 1 aliphatic heterocycles. The summed E-state index contributed by atoms with van der Waals surface area (Å²) in [4.78, 5) is 12.3. The van der Waals surface area contributed by atoms with Crippen LogP contribution in [0.2, 0.25) is 0 Å². The van der Waals surface area contributed by atoms with Gasteiger partial charge in [-0.1, -0.05) is 30.3 Å². The van der Waals surface area contributed by atoms with Gasteiger partial charge in [0, 0.05) is 18.8 Å². The summed E-state index contributed by atoms with van der Waals surface area (Å²) < 4.78 is 7.38. The monoisotopic (exact) mass is 299 g/mol. The summed E-state index contributed by atoms with van der Waals surface area (Å²) in [7, 11) is 0. The van der Waals surface area contributed by atoms with Crippen LogP contribution in [-0.4, -0.2) is 34.9 Å². The zero-order chi connectivity index (χ0) is 15.4. The van der Waals surface area contributed by atoms with E-state index < -0.39 is 0 Å². The van der Waals surface area contributed by atoms with Gasteiger partial charge in [-0.3, -0.25) is 9.48 Å². The molecule has 0 saturated carbocycles. The maximum Gasteiger partial charge on any atom is 0.254 e. The Kier molecular flexibility index (Phi) is 4.53. The summed E-state index contributed by atoms with van der Waals surface area (Å²) in [6.07, 6.45) is 3.90. The van der Waals surface area contributed by atoms with Crippen LogP contribution in [0.1, 0.15) is 34.5 Å². The zero-order valence-electron chi connectivity index (χ0n) is 12.8. The molecule has 1 aliphatic rings. The van der Waals surface area contributed by atoms with E-state index in [9.17, 15) is 4.79 Å². The van der Waals surface area contributed by atoms with Crippen LogP contribution in [0, 0.1) is 6.92 Å². The molecule has 0 spiro atoms. The summed E-state index contributed by atoms with van der Waals surface area (Å²) in [5.41, 5.74) is 2.68. The predicted molar refractivity (Wildman–Crippen MR) is 83.8 cm³/mol. The molecule has 1 saturated heterocycles. The van der Waals surface area contributed by atoms with Gasteiger partial charge < -0.3 is 10.1 Å². The molecular formula is C17H21N3O2. The van der Waals surface area contributed by atoms with Crippen LogP contribution in [0.25, 0.3) is 0 Å². The quantitative estimate of drug-likeness (QED) is 0.920. The highest BCUT2D eigenvalue weighted by Crippen LogP contribution is 2.12. The van der Waals surface area contributed by atoms with Gasteiger partial charge in [0.2, 0.25) is 0 Å². The molecule has 1 atom stereocenters. The Balaban J connectivity index is 1.63. The number of amides is 1. The second-order valence-corrected chi connectivity index (χ2v) is 5.63. The van der Waals surface area contributed by atoms with Gasteiger partial charge in [-0.2, -0.15) is 5.10 Å². The van der Waals surface area contributed by atoms with E-state index in [2.05, 4.69) is 22.5 Å². The number of rotatable bonds is 5. The van der Waals surface area contributed by atoms with Gasteiger partial charge in [0.05, 0.1) is 24.4 Å². The molecule has 0 aliphatic carbocycles. The normalized spacial score (nSPS) is 17.6. The fourth-order valence-corrected chi connectivity index (χ4v) is 2.69. The Morgan fingerprint density at radius 3 is 2.95 bits per heavy atom. The van der Waals surface area contributed by atoms with Crippen molar-refractivity contribution in [2.75, 3.05) is 13.2 Å². The molecular weight excluding hydrogens is 278 g/mol. The molecule has 0 bridgehead atoms. The average molecular weight is 299 g/mol. The van der Waals surface area contributed by atoms with Crippen LogP contribution in [-0.2, 0) is 11.3 Å². The fraction of sp³-hybridized carbons (Fsp3) is 0.412.